The number of methoxy groups -OCH3 is 1. The van der Waals surface area contributed by atoms with Crippen molar-refractivity contribution < 1.29 is 9.53 Å². The predicted molar refractivity (Wildman–Crippen MR) is 124 cm³/mol. The Balaban J connectivity index is 1.64. The molecule has 2 atom stereocenters. The van der Waals surface area contributed by atoms with E-state index in [1.165, 1.54) is 19.3 Å². The highest BCUT2D eigenvalue weighted by Gasteiger charge is 2.38. The minimum Gasteiger partial charge on any atom is -0.496 e. The van der Waals surface area contributed by atoms with E-state index in [-0.39, 0.29) is 11.7 Å². The Morgan fingerprint density at radius 1 is 1.23 bits per heavy atom. The van der Waals surface area contributed by atoms with Crippen molar-refractivity contribution in [3.05, 3.63) is 41.5 Å². The third-order valence-corrected chi connectivity index (χ3v) is 7.34. The molecule has 0 bridgehead atoms. The Labute approximate surface area is 186 Å². The molecule has 4 heteroatoms. The largest absolute Gasteiger partial charge is 0.496 e. The van der Waals surface area contributed by atoms with Gasteiger partial charge in [-0.1, -0.05) is 38.5 Å². The molecule has 0 radical (unpaired) electrons. The molecule has 164 valence electrons. The summed E-state index contributed by atoms with van der Waals surface area (Å²) in [6, 6.07) is 12.8. The van der Waals surface area contributed by atoms with E-state index in [0.717, 1.165) is 53.6 Å². The molecule has 4 nitrogen and oxygen atoms in total. The lowest BCUT2D eigenvalue weighted by molar-refractivity contribution is 0.0365. The fraction of sp³-hybridized carbons (Fsp3) is 0.556. The SMILES string of the molecule is COc1ccc2cc(C(=O)C3CN(C4CCC4)CC[C@@H]3CC(C)C)ccc2c1CC#N. The molecular weight excluding hydrogens is 384 g/mol. The third kappa shape index (κ3) is 4.48. The van der Waals surface area contributed by atoms with E-state index in [4.69, 9.17) is 4.74 Å². The molecule has 2 aliphatic rings. The zero-order chi connectivity index (χ0) is 22.0. The number of nitriles is 1. The van der Waals surface area contributed by atoms with Crippen molar-refractivity contribution in [2.24, 2.45) is 17.8 Å². The number of hydrogen-bond donors (Lipinski definition) is 0. The Morgan fingerprint density at radius 3 is 2.68 bits per heavy atom. The zero-order valence-electron chi connectivity index (χ0n) is 19.1. The van der Waals surface area contributed by atoms with Crippen LogP contribution >= 0.6 is 0 Å². The Morgan fingerprint density at radius 2 is 2.03 bits per heavy atom. The van der Waals surface area contributed by atoms with Crippen molar-refractivity contribution in [1.29, 1.82) is 5.26 Å². The summed E-state index contributed by atoms with van der Waals surface area (Å²) in [6.07, 6.45) is 6.44. The van der Waals surface area contributed by atoms with Gasteiger partial charge >= 0.3 is 0 Å². The number of piperidine rings is 1. The van der Waals surface area contributed by atoms with Crippen LogP contribution in [-0.4, -0.2) is 36.9 Å². The number of Topliss-reactive ketones (excluding diaryl/α,β-unsaturated/α-hetero) is 1. The van der Waals surface area contributed by atoms with E-state index in [2.05, 4.69) is 24.8 Å². The van der Waals surface area contributed by atoms with Crippen molar-refractivity contribution in [3.8, 4) is 11.8 Å². The van der Waals surface area contributed by atoms with Gasteiger partial charge in [-0.2, -0.15) is 5.26 Å². The van der Waals surface area contributed by atoms with E-state index in [1.54, 1.807) is 7.11 Å². The van der Waals surface area contributed by atoms with Gasteiger partial charge < -0.3 is 4.74 Å². The molecule has 1 aliphatic heterocycles. The fourth-order valence-corrected chi connectivity index (χ4v) is 5.49. The van der Waals surface area contributed by atoms with Crippen molar-refractivity contribution in [2.45, 2.75) is 58.4 Å². The molecule has 1 aliphatic carbocycles. The molecule has 2 fully saturated rings. The molecule has 2 aromatic rings. The average Bonchev–Trinajstić information content (AvgIpc) is 2.72. The first-order valence-corrected chi connectivity index (χ1v) is 11.8. The van der Waals surface area contributed by atoms with E-state index >= 15 is 0 Å². The standard InChI is InChI=1S/C27H34N2O2/c1-18(2)15-20-12-14-29(22-5-4-6-22)17-25(20)27(30)21-7-9-23-19(16-21)8-10-26(31-3)24(23)11-13-28/h7-10,16,18,20,22,25H,4-6,11-12,14-15,17H2,1-3H3/t20-,25?/m1/s1. The number of benzene rings is 2. The van der Waals surface area contributed by atoms with Gasteiger partial charge in [-0.15, -0.1) is 0 Å². The summed E-state index contributed by atoms with van der Waals surface area (Å²) in [5.74, 6) is 2.16. The van der Waals surface area contributed by atoms with Crippen LogP contribution in [0.5, 0.6) is 5.75 Å². The summed E-state index contributed by atoms with van der Waals surface area (Å²) in [5.41, 5.74) is 1.70. The van der Waals surface area contributed by atoms with Crippen LogP contribution in [0, 0.1) is 29.1 Å². The van der Waals surface area contributed by atoms with E-state index < -0.39 is 0 Å². The first-order chi connectivity index (χ1) is 15.0. The van der Waals surface area contributed by atoms with Crippen LogP contribution in [0.25, 0.3) is 10.8 Å². The molecule has 0 spiro atoms. The molecule has 1 saturated carbocycles. The molecule has 31 heavy (non-hydrogen) atoms. The van der Waals surface area contributed by atoms with Crippen LogP contribution < -0.4 is 4.74 Å². The maximum atomic E-state index is 13.7. The fourth-order valence-electron chi connectivity index (χ4n) is 5.49. The van der Waals surface area contributed by atoms with E-state index in [0.29, 0.717) is 24.3 Å². The molecule has 1 unspecified atom stereocenters. The maximum absolute atomic E-state index is 13.7. The highest BCUT2D eigenvalue weighted by molar-refractivity contribution is 6.02. The van der Waals surface area contributed by atoms with Gasteiger partial charge in [0, 0.05) is 29.6 Å². The van der Waals surface area contributed by atoms with Gasteiger partial charge in [0.25, 0.3) is 0 Å². The number of ketones is 1. The van der Waals surface area contributed by atoms with Gasteiger partial charge in [0.2, 0.25) is 0 Å². The zero-order valence-corrected chi connectivity index (χ0v) is 19.1. The number of hydrogen-bond acceptors (Lipinski definition) is 4. The maximum Gasteiger partial charge on any atom is 0.167 e. The monoisotopic (exact) mass is 418 g/mol. The number of carbonyl (C=O) groups excluding carboxylic acids is 1. The quantitative estimate of drug-likeness (QED) is 0.547. The number of likely N-dealkylation sites (tertiary alicyclic amines) is 1. The van der Waals surface area contributed by atoms with Crippen molar-refractivity contribution in [2.75, 3.05) is 20.2 Å². The first-order valence-electron chi connectivity index (χ1n) is 11.8. The number of carbonyl (C=O) groups is 1. The molecule has 1 saturated heterocycles. The summed E-state index contributed by atoms with van der Waals surface area (Å²) in [4.78, 5) is 16.3. The van der Waals surface area contributed by atoms with Crippen LogP contribution in [0.4, 0.5) is 0 Å². The summed E-state index contributed by atoms with van der Waals surface area (Å²) >= 11 is 0. The van der Waals surface area contributed by atoms with Crippen LogP contribution in [0.1, 0.15) is 61.9 Å². The van der Waals surface area contributed by atoms with Crippen LogP contribution in [0.15, 0.2) is 30.3 Å². The summed E-state index contributed by atoms with van der Waals surface area (Å²) < 4.78 is 5.46. The minimum absolute atomic E-state index is 0.0750. The van der Waals surface area contributed by atoms with Gasteiger partial charge in [-0.25, -0.2) is 0 Å². The second-order valence-corrected chi connectivity index (χ2v) is 9.75. The lowest BCUT2D eigenvalue weighted by Crippen LogP contribution is -2.50. The normalized spacial score (nSPS) is 22.3. The van der Waals surface area contributed by atoms with Crippen LogP contribution in [-0.2, 0) is 6.42 Å². The van der Waals surface area contributed by atoms with Crippen molar-refractivity contribution in [3.63, 3.8) is 0 Å². The molecule has 0 N–H and O–H groups in total. The third-order valence-electron chi connectivity index (χ3n) is 7.34. The molecule has 0 aromatic heterocycles. The van der Waals surface area contributed by atoms with Gasteiger partial charge in [-0.05, 0) is 67.0 Å². The van der Waals surface area contributed by atoms with Crippen LogP contribution in [0.3, 0.4) is 0 Å². The predicted octanol–water partition coefficient (Wildman–Crippen LogP) is 5.63. The number of ether oxygens (including phenoxy) is 1. The average molecular weight is 419 g/mol. The molecule has 1 heterocycles. The Bertz CT molecular complexity index is 987. The highest BCUT2D eigenvalue weighted by Crippen LogP contribution is 2.37. The summed E-state index contributed by atoms with van der Waals surface area (Å²) in [7, 11) is 1.63. The van der Waals surface area contributed by atoms with Crippen molar-refractivity contribution in [1.82, 2.24) is 4.90 Å². The number of fused-ring (bicyclic) bond motifs is 1. The second kappa shape index (κ2) is 9.40. The van der Waals surface area contributed by atoms with Gasteiger partial charge in [0.1, 0.15) is 5.75 Å². The second-order valence-electron chi connectivity index (χ2n) is 9.75. The Hall–Kier alpha value is -2.38. The first kappa shape index (κ1) is 21.8. The van der Waals surface area contributed by atoms with Crippen LogP contribution in [0.2, 0.25) is 0 Å². The Kier molecular flexibility index (Phi) is 6.62. The topological polar surface area (TPSA) is 53.3 Å². The lowest BCUT2D eigenvalue weighted by atomic mass is 9.75. The highest BCUT2D eigenvalue weighted by atomic mass is 16.5. The van der Waals surface area contributed by atoms with Gasteiger partial charge in [-0.3, -0.25) is 9.69 Å². The smallest absolute Gasteiger partial charge is 0.167 e. The molecule has 2 aromatic carbocycles. The lowest BCUT2D eigenvalue weighted by Gasteiger charge is -2.45. The number of rotatable bonds is 7. The van der Waals surface area contributed by atoms with E-state index in [1.807, 2.05) is 30.3 Å². The van der Waals surface area contributed by atoms with Gasteiger partial charge in [0.15, 0.2) is 5.78 Å². The number of nitrogens with zero attached hydrogens (tertiary/aromatic N) is 2. The van der Waals surface area contributed by atoms with Crippen molar-refractivity contribution >= 4 is 16.6 Å². The summed E-state index contributed by atoms with van der Waals surface area (Å²) in [5, 5.41) is 11.2. The summed E-state index contributed by atoms with van der Waals surface area (Å²) in [6.45, 7) is 6.57. The molecule has 4 rings (SSSR count). The van der Waals surface area contributed by atoms with Gasteiger partial charge in [0.05, 0.1) is 19.6 Å². The molecule has 0 amide bonds. The molecular formula is C27H34N2O2. The minimum atomic E-state index is 0.0750. The van der Waals surface area contributed by atoms with E-state index in [9.17, 15) is 10.1 Å².